The van der Waals surface area contributed by atoms with Gasteiger partial charge in [0.15, 0.2) is 5.13 Å². The monoisotopic (exact) mass is 637 g/mol. The van der Waals surface area contributed by atoms with Crippen molar-refractivity contribution in [3.05, 3.63) is 59.0 Å². The van der Waals surface area contributed by atoms with Crippen molar-refractivity contribution in [2.45, 2.75) is 81.8 Å². The SMILES string of the molecule is CCOC(=O)CCCCC1SC[C@@H](C(=O)Nc2nc(-c3ccc(C(=O)NC4CC4)cc3)cs2)N1C(=O)[C@H](N)C1=CC=CCC1. The summed E-state index contributed by atoms with van der Waals surface area (Å²) in [6.07, 6.45) is 11.8. The highest BCUT2D eigenvalue weighted by molar-refractivity contribution is 8.00. The lowest BCUT2D eigenvalue weighted by Crippen LogP contribution is -2.53. The van der Waals surface area contributed by atoms with E-state index in [-0.39, 0.29) is 29.1 Å². The van der Waals surface area contributed by atoms with Crippen LogP contribution >= 0.6 is 23.1 Å². The van der Waals surface area contributed by atoms with Crippen molar-refractivity contribution in [3.63, 3.8) is 0 Å². The first-order valence-electron chi connectivity index (χ1n) is 15.2. The minimum Gasteiger partial charge on any atom is -0.466 e. The number of rotatable bonds is 13. The van der Waals surface area contributed by atoms with Crippen molar-refractivity contribution in [1.82, 2.24) is 15.2 Å². The van der Waals surface area contributed by atoms with Crippen molar-refractivity contribution in [2.24, 2.45) is 5.73 Å². The summed E-state index contributed by atoms with van der Waals surface area (Å²) in [5.74, 6) is -0.440. The molecule has 1 aromatic heterocycles. The Balaban J connectivity index is 1.24. The minimum absolute atomic E-state index is 0.0768. The van der Waals surface area contributed by atoms with E-state index in [1.165, 1.54) is 11.3 Å². The number of anilines is 1. The van der Waals surface area contributed by atoms with Crippen molar-refractivity contribution in [3.8, 4) is 11.3 Å². The number of benzene rings is 1. The molecule has 12 heteroatoms. The molecule has 1 unspecified atom stereocenters. The molecule has 0 radical (unpaired) electrons. The number of hydrogen-bond acceptors (Lipinski definition) is 9. The number of nitrogens with two attached hydrogens (primary N) is 1. The van der Waals surface area contributed by atoms with Gasteiger partial charge < -0.3 is 26.0 Å². The van der Waals surface area contributed by atoms with E-state index in [1.54, 1.807) is 35.7 Å². The Morgan fingerprint density at radius 3 is 2.66 bits per heavy atom. The molecule has 2 aromatic rings. The van der Waals surface area contributed by atoms with E-state index in [0.29, 0.717) is 66.9 Å². The lowest BCUT2D eigenvalue weighted by molar-refractivity contribution is -0.143. The van der Waals surface area contributed by atoms with Gasteiger partial charge in [0.2, 0.25) is 11.8 Å². The lowest BCUT2D eigenvalue weighted by Gasteiger charge is -2.32. The van der Waals surface area contributed by atoms with Gasteiger partial charge >= 0.3 is 5.97 Å². The van der Waals surface area contributed by atoms with Gasteiger partial charge in [0.05, 0.1) is 17.7 Å². The average Bonchev–Trinajstić information content (AvgIpc) is 3.55. The fourth-order valence-electron chi connectivity index (χ4n) is 5.25. The van der Waals surface area contributed by atoms with Gasteiger partial charge in [-0.1, -0.05) is 30.4 Å². The number of unbranched alkanes of at least 4 members (excludes halogenated alkanes) is 1. The number of nitrogens with zero attached hydrogens (tertiary/aromatic N) is 2. The Labute approximate surface area is 265 Å². The molecule has 4 N–H and O–H groups in total. The molecule has 3 atom stereocenters. The summed E-state index contributed by atoms with van der Waals surface area (Å²) < 4.78 is 5.03. The molecule has 2 heterocycles. The summed E-state index contributed by atoms with van der Waals surface area (Å²) in [6.45, 7) is 2.13. The average molecular weight is 638 g/mol. The molecule has 3 amide bonds. The third-order valence-electron chi connectivity index (χ3n) is 7.84. The van der Waals surface area contributed by atoms with Gasteiger partial charge in [0, 0.05) is 34.7 Å². The largest absolute Gasteiger partial charge is 0.466 e. The van der Waals surface area contributed by atoms with Crippen LogP contribution in [0.25, 0.3) is 11.3 Å². The molecular weight excluding hydrogens is 599 g/mol. The number of carbonyl (C=O) groups is 4. The second-order valence-corrected chi connectivity index (χ2v) is 13.2. The van der Waals surface area contributed by atoms with Crippen LogP contribution in [-0.4, -0.2) is 69.4 Å². The zero-order valence-corrected chi connectivity index (χ0v) is 26.5. The number of thioether (sulfide) groups is 1. The molecule has 234 valence electrons. The predicted molar refractivity (Wildman–Crippen MR) is 173 cm³/mol. The quantitative estimate of drug-likeness (QED) is 0.213. The van der Waals surface area contributed by atoms with Crippen LogP contribution in [0.1, 0.15) is 68.6 Å². The number of carbonyl (C=O) groups excluding carboxylic acids is 4. The van der Waals surface area contributed by atoms with Crippen molar-refractivity contribution in [1.29, 1.82) is 0 Å². The third-order valence-corrected chi connectivity index (χ3v) is 9.95. The third kappa shape index (κ3) is 8.16. The molecule has 10 nitrogen and oxygen atoms in total. The van der Waals surface area contributed by atoms with Crippen LogP contribution in [0.5, 0.6) is 0 Å². The number of thiazole rings is 1. The van der Waals surface area contributed by atoms with Gasteiger partial charge in [-0.25, -0.2) is 4.98 Å². The normalized spacial score (nSPS) is 20.1. The molecule has 2 fully saturated rings. The van der Waals surface area contributed by atoms with E-state index in [1.807, 2.05) is 35.7 Å². The van der Waals surface area contributed by atoms with Crippen LogP contribution < -0.4 is 16.4 Å². The van der Waals surface area contributed by atoms with E-state index >= 15 is 0 Å². The van der Waals surface area contributed by atoms with Gasteiger partial charge in [-0.15, -0.1) is 23.1 Å². The van der Waals surface area contributed by atoms with Crippen molar-refractivity contribution < 1.29 is 23.9 Å². The summed E-state index contributed by atoms with van der Waals surface area (Å²) in [7, 11) is 0. The zero-order valence-electron chi connectivity index (χ0n) is 24.8. The van der Waals surface area contributed by atoms with Gasteiger partial charge in [-0.05, 0) is 69.6 Å². The second kappa shape index (κ2) is 15.0. The number of nitrogens with one attached hydrogen (secondary N) is 2. The van der Waals surface area contributed by atoms with Crippen molar-refractivity contribution in [2.75, 3.05) is 17.7 Å². The van der Waals surface area contributed by atoms with Crippen molar-refractivity contribution >= 4 is 51.9 Å². The van der Waals surface area contributed by atoms with E-state index in [4.69, 9.17) is 10.5 Å². The van der Waals surface area contributed by atoms with Crippen LogP contribution in [-0.2, 0) is 19.1 Å². The zero-order chi connectivity index (χ0) is 31.1. The maximum absolute atomic E-state index is 13.8. The van der Waals surface area contributed by atoms with E-state index in [9.17, 15) is 19.2 Å². The first kappa shape index (κ1) is 31.9. The number of esters is 1. The molecule has 1 aliphatic heterocycles. The van der Waals surface area contributed by atoms with E-state index in [2.05, 4.69) is 15.6 Å². The van der Waals surface area contributed by atoms with E-state index in [0.717, 1.165) is 30.4 Å². The Bertz CT molecular complexity index is 1420. The highest BCUT2D eigenvalue weighted by Crippen LogP contribution is 2.35. The highest BCUT2D eigenvalue weighted by Gasteiger charge is 2.43. The van der Waals surface area contributed by atoms with Crippen LogP contribution in [0.3, 0.4) is 0 Å². The van der Waals surface area contributed by atoms with Gasteiger partial charge in [-0.2, -0.15) is 0 Å². The summed E-state index contributed by atoms with van der Waals surface area (Å²) in [5, 5.41) is 7.96. The molecule has 2 aliphatic carbocycles. The fourth-order valence-corrected chi connectivity index (χ4v) is 7.43. The maximum Gasteiger partial charge on any atom is 0.305 e. The van der Waals surface area contributed by atoms with Gasteiger partial charge in [0.25, 0.3) is 5.91 Å². The second-order valence-electron chi connectivity index (χ2n) is 11.1. The number of aromatic nitrogens is 1. The van der Waals surface area contributed by atoms with Crippen LogP contribution in [0.15, 0.2) is 53.4 Å². The fraction of sp³-hybridized carbons (Fsp3) is 0.469. The molecule has 1 saturated carbocycles. The molecule has 1 aromatic carbocycles. The molecule has 5 rings (SSSR count). The lowest BCUT2D eigenvalue weighted by atomic mass is 9.97. The molecule has 0 bridgehead atoms. The molecule has 0 spiro atoms. The number of hydrogen-bond donors (Lipinski definition) is 3. The summed E-state index contributed by atoms with van der Waals surface area (Å²) >= 11 is 2.87. The topological polar surface area (TPSA) is 144 Å². The Morgan fingerprint density at radius 2 is 1.95 bits per heavy atom. The van der Waals surface area contributed by atoms with Crippen LogP contribution in [0, 0.1) is 0 Å². The Morgan fingerprint density at radius 1 is 1.16 bits per heavy atom. The number of ether oxygens (including phenoxy) is 1. The van der Waals surface area contributed by atoms with Gasteiger partial charge in [-0.3, -0.25) is 19.2 Å². The predicted octanol–water partition coefficient (Wildman–Crippen LogP) is 4.64. The summed E-state index contributed by atoms with van der Waals surface area (Å²) in [4.78, 5) is 57.7. The Kier molecular flexibility index (Phi) is 10.9. The molecule has 1 saturated heterocycles. The van der Waals surface area contributed by atoms with Crippen LogP contribution in [0.4, 0.5) is 5.13 Å². The number of amides is 3. The highest BCUT2D eigenvalue weighted by atomic mass is 32.2. The van der Waals surface area contributed by atoms with Gasteiger partial charge in [0.1, 0.15) is 12.1 Å². The maximum atomic E-state index is 13.8. The molecule has 44 heavy (non-hydrogen) atoms. The number of allylic oxidation sites excluding steroid dienone is 3. The molecular formula is C32H39N5O5S2. The Hall–Kier alpha value is -3.48. The van der Waals surface area contributed by atoms with E-state index < -0.39 is 12.1 Å². The molecule has 3 aliphatic rings. The smallest absolute Gasteiger partial charge is 0.305 e. The summed E-state index contributed by atoms with van der Waals surface area (Å²) in [6, 6.07) is 6.01. The van der Waals surface area contributed by atoms with Crippen LogP contribution in [0.2, 0.25) is 0 Å². The standard InChI is InChI=1S/C32H39N5O5S2/c1-2-42-27(38)11-7-6-10-26-37(31(41)28(33)21-8-4-3-5-9-21)25(19-43-26)30(40)36-32-35-24(18-44-32)20-12-14-22(15-13-20)29(39)34-23-16-17-23/h3-4,8,12-15,18,23,25-26,28H,2,5-7,9-11,16-17,19,33H2,1H3,(H,34,39)(H,35,36,40)/t25-,26?,28+/m0/s1. The first-order valence-corrected chi connectivity index (χ1v) is 17.1. The minimum atomic E-state index is -0.822. The summed E-state index contributed by atoms with van der Waals surface area (Å²) in [5.41, 5.74) is 9.45. The first-order chi connectivity index (χ1) is 21.3.